The summed E-state index contributed by atoms with van der Waals surface area (Å²) in [6.45, 7) is 6.25. The maximum absolute atomic E-state index is 5.75. The third kappa shape index (κ3) is 3.01. The number of nitrogens with zero attached hydrogens (tertiary/aromatic N) is 2. The molecule has 0 radical (unpaired) electrons. The third-order valence-corrected chi connectivity index (χ3v) is 3.85. The second-order valence-electron chi connectivity index (χ2n) is 5.37. The summed E-state index contributed by atoms with van der Waals surface area (Å²) < 4.78 is 13.6. The Morgan fingerprint density at radius 2 is 2.09 bits per heavy atom. The van der Waals surface area contributed by atoms with Gasteiger partial charge in [0.1, 0.15) is 18.1 Å². The van der Waals surface area contributed by atoms with E-state index in [1.165, 1.54) is 0 Å². The molecule has 0 amide bonds. The molecule has 1 aliphatic heterocycles. The van der Waals surface area contributed by atoms with Crippen molar-refractivity contribution in [2.45, 2.75) is 32.9 Å². The minimum Gasteiger partial charge on any atom is -0.494 e. The van der Waals surface area contributed by atoms with Gasteiger partial charge in [-0.05, 0) is 31.5 Å². The second kappa shape index (κ2) is 6.69. The van der Waals surface area contributed by atoms with Gasteiger partial charge in [0.05, 0.1) is 19.2 Å². The molecule has 0 fully saturated rings. The quantitative estimate of drug-likeness (QED) is 0.818. The van der Waals surface area contributed by atoms with E-state index >= 15 is 0 Å². The molecule has 4 heteroatoms. The number of aliphatic imine (C=N–C) groups is 1. The Kier molecular flexibility index (Phi) is 4.47. The first-order chi connectivity index (χ1) is 10.8. The largest absolute Gasteiger partial charge is 0.494 e. The molecule has 116 valence electrons. The summed E-state index contributed by atoms with van der Waals surface area (Å²) in [4.78, 5) is 4.65. The van der Waals surface area contributed by atoms with Crippen LogP contribution in [0.25, 0.3) is 0 Å². The van der Waals surface area contributed by atoms with E-state index in [-0.39, 0.29) is 6.04 Å². The molecule has 0 saturated heterocycles. The van der Waals surface area contributed by atoms with Crippen LogP contribution < -0.4 is 4.74 Å². The minimum atomic E-state index is 0.286. The lowest BCUT2D eigenvalue weighted by Crippen LogP contribution is -2.11. The number of ether oxygens (including phenoxy) is 2. The van der Waals surface area contributed by atoms with E-state index < -0.39 is 0 Å². The van der Waals surface area contributed by atoms with E-state index in [1.807, 2.05) is 31.2 Å². The van der Waals surface area contributed by atoms with Gasteiger partial charge in [-0.15, -0.1) is 0 Å². The van der Waals surface area contributed by atoms with Crippen LogP contribution in [0.1, 0.15) is 31.5 Å². The van der Waals surface area contributed by atoms with Crippen molar-refractivity contribution in [3.05, 3.63) is 53.9 Å². The van der Waals surface area contributed by atoms with Crippen molar-refractivity contribution in [1.82, 2.24) is 4.57 Å². The zero-order chi connectivity index (χ0) is 15.4. The van der Waals surface area contributed by atoms with E-state index in [0.717, 1.165) is 35.9 Å². The van der Waals surface area contributed by atoms with Crippen molar-refractivity contribution in [3.63, 3.8) is 0 Å². The van der Waals surface area contributed by atoms with E-state index in [4.69, 9.17) is 9.47 Å². The van der Waals surface area contributed by atoms with Gasteiger partial charge in [0, 0.05) is 11.8 Å². The number of benzene rings is 1. The molecule has 1 unspecified atom stereocenters. The Balaban J connectivity index is 1.84. The highest BCUT2D eigenvalue weighted by Gasteiger charge is 2.21. The zero-order valence-electron chi connectivity index (χ0n) is 13.2. The summed E-state index contributed by atoms with van der Waals surface area (Å²) in [6, 6.07) is 12.5. The summed E-state index contributed by atoms with van der Waals surface area (Å²) in [7, 11) is 0. The number of para-hydroxylation sites is 1. The topological polar surface area (TPSA) is 35.8 Å². The van der Waals surface area contributed by atoms with Gasteiger partial charge in [-0.3, -0.25) is 0 Å². The van der Waals surface area contributed by atoms with Crippen molar-refractivity contribution >= 4 is 5.90 Å². The Bertz CT molecular complexity index is 661. The van der Waals surface area contributed by atoms with Crippen molar-refractivity contribution < 1.29 is 9.47 Å². The van der Waals surface area contributed by atoms with Gasteiger partial charge in [-0.1, -0.05) is 25.1 Å². The number of hydrogen-bond donors (Lipinski definition) is 0. The molecule has 1 atom stereocenters. The molecule has 0 saturated carbocycles. The highest BCUT2D eigenvalue weighted by Crippen LogP contribution is 2.21. The maximum atomic E-state index is 5.75. The Labute approximate surface area is 131 Å². The number of rotatable bonds is 6. The van der Waals surface area contributed by atoms with Crippen molar-refractivity contribution in [2.75, 3.05) is 13.2 Å². The molecule has 0 bridgehead atoms. The SMILES string of the molecule is CCOc1ccccc1Cn1cccc1C1=NC(CC)CO1. The molecule has 0 spiro atoms. The highest BCUT2D eigenvalue weighted by molar-refractivity contribution is 5.93. The van der Waals surface area contributed by atoms with Crippen LogP contribution in [-0.4, -0.2) is 29.7 Å². The lowest BCUT2D eigenvalue weighted by Gasteiger charge is -2.13. The first kappa shape index (κ1) is 14.7. The van der Waals surface area contributed by atoms with Crippen molar-refractivity contribution in [1.29, 1.82) is 0 Å². The molecule has 0 aliphatic carbocycles. The van der Waals surface area contributed by atoms with Gasteiger partial charge in [0.25, 0.3) is 0 Å². The predicted octanol–water partition coefficient (Wildman–Crippen LogP) is 3.49. The molecule has 1 aromatic heterocycles. The molecule has 0 N–H and O–H groups in total. The fourth-order valence-corrected chi connectivity index (χ4v) is 2.63. The normalized spacial score (nSPS) is 17.2. The monoisotopic (exact) mass is 298 g/mol. The lowest BCUT2D eigenvalue weighted by molar-refractivity contribution is 0.313. The van der Waals surface area contributed by atoms with Gasteiger partial charge in [0.2, 0.25) is 5.90 Å². The second-order valence-corrected chi connectivity index (χ2v) is 5.37. The van der Waals surface area contributed by atoms with E-state index in [2.05, 4.69) is 34.8 Å². The maximum Gasteiger partial charge on any atom is 0.233 e. The number of hydrogen-bond acceptors (Lipinski definition) is 3. The van der Waals surface area contributed by atoms with Crippen LogP contribution in [0.3, 0.4) is 0 Å². The fourth-order valence-electron chi connectivity index (χ4n) is 2.63. The third-order valence-electron chi connectivity index (χ3n) is 3.85. The van der Waals surface area contributed by atoms with E-state index in [0.29, 0.717) is 13.2 Å². The molecule has 1 aliphatic rings. The summed E-state index contributed by atoms with van der Waals surface area (Å²) in [5, 5.41) is 0. The average Bonchev–Trinajstić information content (AvgIpc) is 3.18. The van der Waals surface area contributed by atoms with Gasteiger partial charge >= 0.3 is 0 Å². The van der Waals surface area contributed by atoms with Gasteiger partial charge in [-0.2, -0.15) is 0 Å². The smallest absolute Gasteiger partial charge is 0.233 e. The van der Waals surface area contributed by atoms with Crippen LogP contribution in [0.15, 0.2) is 47.6 Å². The van der Waals surface area contributed by atoms with E-state index in [9.17, 15) is 0 Å². The first-order valence-corrected chi connectivity index (χ1v) is 7.88. The van der Waals surface area contributed by atoms with Gasteiger partial charge in [-0.25, -0.2) is 4.99 Å². The highest BCUT2D eigenvalue weighted by atomic mass is 16.5. The summed E-state index contributed by atoms with van der Waals surface area (Å²) in [5.74, 6) is 1.69. The molecular formula is C18H22N2O2. The summed E-state index contributed by atoms with van der Waals surface area (Å²) in [5.41, 5.74) is 2.19. The van der Waals surface area contributed by atoms with Crippen molar-refractivity contribution in [2.24, 2.45) is 4.99 Å². The van der Waals surface area contributed by atoms with E-state index in [1.54, 1.807) is 0 Å². The fraction of sp³-hybridized carbons (Fsp3) is 0.389. The molecule has 22 heavy (non-hydrogen) atoms. The van der Waals surface area contributed by atoms with Crippen LogP contribution in [0.2, 0.25) is 0 Å². The first-order valence-electron chi connectivity index (χ1n) is 7.88. The molecular weight excluding hydrogens is 276 g/mol. The van der Waals surface area contributed by atoms with Crippen LogP contribution in [0.5, 0.6) is 5.75 Å². The Hall–Kier alpha value is -2.23. The van der Waals surface area contributed by atoms with Crippen LogP contribution in [0, 0.1) is 0 Å². The molecule has 2 heterocycles. The Morgan fingerprint density at radius 1 is 1.23 bits per heavy atom. The summed E-state index contributed by atoms with van der Waals surface area (Å²) >= 11 is 0. The standard InChI is InChI=1S/C18H22N2O2/c1-3-15-13-22-18(19-15)16-9-7-11-20(16)12-14-8-5-6-10-17(14)21-4-2/h5-11,15H,3-4,12-13H2,1-2H3. The van der Waals surface area contributed by atoms with Crippen LogP contribution in [0.4, 0.5) is 0 Å². The number of aromatic nitrogens is 1. The molecule has 2 aromatic rings. The Morgan fingerprint density at radius 3 is 2.86 bits per heavy atom. The molecule has 4 nitrogen and oxygen atoms in total. The molecule has 3 rings (SSSR count). The van der Waals surface area contributed by atoms with Crippen molar-refractivity contribution in [3.8, 4) is 5.75 Å². The van der Waals surface area contributed by atoms with Crippen LogP contribution >= 0.6 is 0 Å². The predicted molar refractivity (Wildman–Crippen MR) is 87.7 cm³/mol. The van der Waals surface area contributed by atoms with Gasteiger partial charge < -0.3 is 14.0 Å². The zero-order valence-corrected chi connectivity index (χ0v) is 13.2. The molecule has 1 aromatic carbocycles. The summed E-state index contributed by atoms with van der Waals surface area (Å²) in [6.07, 6.45) is 3.07. The van der Waals surface area contributed by atoms with Gasteiger partial charge in [0.15, 0.2) is 0 Å². The minimum absolute atomic E-state index is 0.286. The lowest BCUT2D eigenvalue weighted by atomic mass is 10.2. The van der Waals surface area contributed by atoms with Crippen LogP contribution in [-0.2, 0) is 11.3 Å². The average molecular weight is 298 g/mol.